The topological polar surface area (TPSA) is 100 Å². The van der Waals surface area contributed by atoms with Crippen LogP contribution in [-0.2, 0) is 20.9 Å². The van der Waals surface area contributed by atoms with Gasteiger partial charge in [0.25, 0.3) is 5.91 Å². The Labute approximate surface area is 145 Å². The Morgan fingerprint density at radius 3 is 2.64 bits per heavy atom. The summed E-state index contributed by atoms with van der Waals surface area (Å²) in [4.78, 5) is 39.4. The van der Waals surface area contributed by atoms with Crippen LogP contribution >= 0.6 is 0 Å². The fourth-order valence-corrected chi connectivity index (χ4v) is 3.95. The number of carboxylic acid groups (broad SMARTS) is 1. The minimum atomic E-state index is -0.951. The van der Waals surface area contributed by atoms with Crippen LogP contribution in [0.25, 0.3) is 0 Å². The van der Waals surface area contributed by atoms with Gasteiger partial charge in [-0.15, -0.1) is 0 Å². The highest BCUT2D eigenvalue weighted by Crippen LogP contribution is 2.43. The molecule has 8 nitrogen and oxygen atoms in total. The summed E-state index contributed by atoms with van der Waals surface area (Å²) in [6.07, 6.45) is 0.922. The molecule has 1 atom stereocenters. The molecule has 8 heteroatoms. The van der Waals surface area contributed by atoms with E-state index >= 15 is 0 Å². The van der Waals surface area contributed by atoms with Gasteiger partial charge in [-0.25, -0.2) is 0 Å². The predicted molar refractivity (Wildman–Crippen MR) is 85.8 cm³/mol. The van der Waals surface area contributed by atoms with Crippen molar-refractivity contribution < 1.29 is 28.6 Å². The number of methoxy groups -OCH3 is 1. The Bertz CT molecular complexity index is 689. The lowest BCUT2D eigenvalue weighted by Gasteiger charge is -2.45. The molecule has 3 rings (SSSR count). The van der Waals surface area contributed by atoms with Gasteiger partial charge in [-0.3, -0.25) is 14.4 Å². The van der Waals surface area contributed by atoms with Gasteiger partial charge >= 0.3 is 5.97 Å². The lowest BCUT2D eigenvalue weighted by atomic mass is 9.77. The van der Waals surface area contributed by atoms with Crippen molar-refractivity contribution in [1.29, 1.82) is 0 Å². The number of carbonyl (C=O) groups excluding carboxylic acids is 2. The standard InChI is InChI=1S/C17H22N2O6/c1-18-14(20)9-12(16(22)23)17(18)5-7-19(8-6-17)15(21)13-4-3-11(25-13)10-24-2/h3-4,12H,5-10H2,1-2H3,(H,22,23)/t12-/m0/s1. The lowest BCUT2D eigenvalue weighted by molar-refractivity contribution is -0.145. The first-order chi connectivity index (χ1) is 11.9. The SMILES string of the molecule is COCc1ccc(C(=O)N2CCC3(CC2)[C@H](C(=O)O)CC(=O)N3C)o1. The van der Waals surface area contributed by atoms with Crippen LogP contribution in [0, 0.1) is 5.92 Å². The monoisotopic (exact) mass is 350 g/mol. The van der Waals surface area contributed by atoms with E-state index in [4.69, 9.17) is 9.15 Å². The number of hydrogen-bond donors (Lipinski definition) is 1. The number of furan rings is 1. The van der Waals surface area contributed by atoms with Gasteiger partial charge in [0.15, 0.2) is 5.76 Å². The van der Waals surface area contributed by atoms with Crippen LogP contribution in [0.1, 0.15) is 35.6 Å². The van der Waals surface area contributed by atoms with E-state index in [1.165, 1.54) is 0 Å². The summed E-state index contributed by atoms with van der Waals surface area (Å²) in [6.45, 7) is 1.07. The summed E-state index contributed by atoms with van der Waals surface area (Å²) in [6, 6.07) is 3.32. The van der Waals surface area contributed by atoms with E-state index in [0.29, 0.717) is 38.3 Å². The molecule has 2 amide bonds. The van der Waals surface area contributed by atoms with Gasteiger partial charge in [0.1, 0.15) is 12.4 Å². The molecule has 2 aliphatic heterocycles. The summed E-state index contributed by atoms with van der Waals surface area (Å²) in [5.74, 6) is -1.23. The smallest absolute Gasteiger partial charge is 0.309 e. The van der Waals surface area contributed by atoms with E-state index in [-0.39, 0.29) is 24.0 Å². The van der Waals surface area contributed by atoms with Crippen LogP contribution in [0.15, 0.2) is 16.5 Å². The molecule has 0 bridgehead atoms. The molecule has 25 heavy (non-hydrogen) atoms. The number of piperidine rings is 1. The molecule has 1 spiro atoms. The first kappa shape index (κ1) is 17.5. The van der Waals surface area contributed by atoms with Crippen LogP contribution in [-0.4, -0.2) is 65.5 Å². The van der Waals surface area contributed by atoms with Crippen molar-refractivity contribution in [1.82, 2.24) is 9.80 Å². The van der Waals surface area contributed by atoms with Crippen LogP contribution < -0.4 is 0 Å². The average Bonchev–Trinajstić information content (AvgIpc) is 3.15. The van der Waals surface area contributed by atoms with Crippen LogP contribution in [0.5, 0.6) is 0 Å². The molecule has 2 saturated heterocycles. The number of carbonyl (C=O) groups is 3. The molecule has 2 aliphatic rings. The maximum atomic E-state index is 12.6. The molecule has 0 unspecified atom stereocenters. The van der Waals surface area contributed by atoms with E-state index in [1.54, 1.807) is 36.1 Å². The van der Waals surface area contributed by atoms with Crippen molar-refractivity contribution in [2.45, 2.75) is 31.4 Å². The van der Waals surface area contributed by atoms with Crippen LogP contribution in [0.3, 0.4) is 0 Å². The first-order valence-electron chi connectivity index (χ1n) is 8.25. The van der Waals surface area contributed by atoms with Gasteiger partial charge in [-0.05, 0) is 25.0 Å². The number of likely N-dealkylation sites (tertiary alicyclic amines) is 2. The molecular weight excluding hydrogens is 328 g/mol. The number of hydrogen-bond acceptors (Lipinski definition) is 5. The first-order valence-corrected chi connectivity index (χ1v) is 8.25. The number of ether oxygens (including phenoxy) is 1. The second kappa shape index (κ2) is 6.51. The van der Waals surface area contributed by atoms with Crippen LogP contribution in [0.4, 0.5) is 0 Å². The van der Waals surface area contributed by atoms with Crippen molar-refractivity contribution in [3.63, 3.8) is 0 Å². The third kappa shape index (κ3) is 2.90. The van der Waals surface area contributed by atoms with Gasteiger partial charge < -0.3 is 24.1 Å². The maximum Gasteiger partial charge on any atom is 0.309 e. The highest BCUT2D eigenvalue weighted by Gasteiger charge is 2.55. The molecule has 1 aromatic heterocycles. The van der Waals surface area contributed by atoms with Gasteiger partial charge in [-0.2, -0.15) is 0 Å². The predicted octanol–water partition coefficient (Wildman–Crippen LogP) is 0.964. The Balaban J connectivity index is 1.71. The molecular formula is C17H22N2O6. The van der Waals surface area contributed by atoms with Gasteiger partial charge in [-0.1, -0.05) is 0 Å². The van der Waals surface area contributed by atoms with E-state index in [9.17, 15) is 19.5 Å². The second-order valence-corrected chi connectivity index (χ2v) is 6.64. The van der Waals surface area contributed by atoms with E-state index < -0.39 is 17.4 Å². The van der Waals surface area contributed by atoms with E-state index in [1.807, 2.05) is 0 Å². The van der Waals surface area contributed by atoms with Crippen LogP contribution in [0.2, 0.25) is 0 Å². The Hall–Kier alpha value is -2.35. The lowest BCUT2D eigenvalue weighted by Crippen LogP contribution is -2.56. The molecule has 2 fully saturated rings. The normalized spacial score (nSPS) is 22.6. The minimum Gasteiger partial charge on any atom is -0.481 e. The highest BCUT2D eigenvalue weighted by molar-refractivity contribution is 5.92. The van der Waals surface area contributed by atoms with Crippen molar-refractivity contribution >= 4 is 17.8 Å². The zero-order valence-corrected chi connectivity index (χ0v) is 14.4. The molecule has 0 saturated carbocycles. The Morgan fingerprint density at radius 2 is 2.04 bits per heavy atom. The van der Waals surface area contributed by atoms with Gasteiger partial charge in [0.05, 0.1) is 11.5 Å². The number of carboxylic acids is 1. The fourth-order valence-electron chi connectivity index (χ4n) is 3.95. The van der Waals surface area contributed by atoms with Crippen molar-refractivity contribution in [2.75, 3.05) is 27.2 Å². The van der Waals surface area contributed by atoms with Crippen molar-refractivity contribution in [3.05, 3.63) is 23.7 Å². The number of amides is 2. The molecule has 136 valence electrons. The van der Waals surface area contributed by atoms with Gasteiger partial charge in [0, 0.05) is 33.7 Å². The van der Waals surface area contributed by atoms with Crippen molar-refractivity contribution in [3.8, 4) is 0 Å². The summed E-state index contributed by atoms with van der Waals surface area (Å²) in [5.41, 5.74) is -0.704. The quantitative estimate of drug-likeness (QED) is 0.868. The summed E-state index contributed by atoms with van der Waals surface area (Å²) >= 11 is 0. The summed E-state index contributed by atoms with van der Waals surface area (Å²) in [5, 5.41) is 9.49. The number of nitrogens with zero attached hydrogens (tertiary/aromatic N) is 2. The van der Waals surface area contributed by atoms with Crippen molar-refractivity contribution in [2.24, 2.45) is 5.92 Å². The number of aliphatic carboxylic acids is 1. The number of rotatable bonds is 4. The zero-order chi connectivity index (χ0) is 18.2. The highest BCUT2D eigenvalue weighted by atomic mass is 16.5. The molecule has 0 radical (unpaired) electrons. The molecule has 3 heterocycles. The largest absolute Gasteiger partial charge is 0.481 e. The summed E-state index contributed by atoms with van der Waals surface area (Å²) < 4.78 is 10.5. The fraction of sp³-hybridized carbons (Fsp3) is 0.588. The summed E-state index contributed by atoms with van der Waals surface area (Å²) in [7, 11) is 3.21. The van der Waals surface area contributed by atoms with E-state index in [2.05, 4.69) is 0 Å². The average molecular weight is 350 g/mol. The zero-order valence-electron chi connectivity index (χ0n) is 14.4. The van der Waals surface area contributed by atoms with E-state index in [0.717, 1.165) is 0 Å². The van der Waals surface area contributed by atoms with Gasteiger partial charge in [0.2, 0.25) is 5.91 Å². The third-order valence-corrected chi connectivity index (χ3v) is 5.44. The molecule has 1 aromatic rings. The molecule has 0 aromatic carbocycles. The third-order valence-electron chi connectivity index (χ3n) is 5.44. The second-order valence-electron chi connectivity index (χ2n) is 6.64. The molecule has 1 N–H and O–H groups in total. The minimum absolute atomic E-state index is 0.0261. The molecule has 0 aliphatic carbocycles. The Kier molecular flexibility index (Phi) is 4.55. The maximum absolute atomic E-state index is 12.6. The Morgan fingerprint density at radius 1 is 1.36 bits per heavy atom.